The Kier molecular flexibility index (Phi) is 8.96. The van der Waals surface area contributed by atoms with E-state index in [0.717, 1.165) is 49.2 Å². The SMILES string of the molecule is C=C(C)CNC(=NCc1ccc([N+](=O)[O-])cc1)N1CCN(c2ncccn2)CC1.I. The van der Waals surface area contributed by atoms with Crippen LogP contribution in [0.5, 0.6) is 0 Å². The summed E-state index contributed by atoms with van der Waals surface area (Å²) >= 11 is 0. The van der Waals surface area contributed by atoms with Gasteiger partial charge in [-0.05, 0) is 18.6 Å². The summed E-state index contributed by atoms with van der Waals surface area (Å²) in [4.78, 5) is 28.1. The van der Waals surface area contributed by atoms with Crippen molar-refractivity contribution in [2.75, 3.05) is 37.6 Å². The molecule has 0 amide bonds. The normalized spacial score (nSPS) is 14.1. The summed E-state index contributed by atoms with van der Waals surface area (Å²) in [6, 6.07) is 8.30. The van der Waals surface area contributed by atoms with Gasteiger partial charge in [-0.15, -0.1) is 24.0 Å². The molecule has 3 rings (SSSR count). The zero-order valence-corrected chi connectivity index (χ0v) is 19.2. The van der Waals surface area contributed by atoms with E-state index >= 15 is 0 Å². The molecule has 0 aliphatic carbocycles. The van der Waals surface area contributed by atoms with Crippen LogP contribution in [0, 0.1) is 10.1 Å². The fourth-order valence-corrected chi connectivity index (χ4v) is 2.96. The minimum absolute atomic E-state index is 0. The van der Waals surface area contributed by atoms with Gasteiger partial charge in [0.1, 0.15) is 0 Å². The summed E-state index contributed by atoms with van der Waals surface area (Å²) in [6.45, 7) is 10.2. The van der Waals surface area contributed by atoms with Crippen LogP contribution in [0.4, 0.5) is 11.6 Å². The van der Waals surface area contributed by atoms with Gasteiger partial charge in [-0.3, -0.25) is 10.1 Å². The molecular weight excluding hydrogens is 497 g/mol. The van der Waals surface area contributed by atoms with Crippen molar-refractivity contribution in [2.45, 2.75) is 13.5 Å². The Hall–Kier alpha value is -2.76. The topological polar surface area (TPSA) is 99.8 Å². The summed E-state index contributed by atoms with van der Waals surface area (Å²) in [5.74, 6) is 1.55. The first kappa shape index (κ1) is 23.5. The van der Waals surface area contributed by atoms with Crippen LogP contribution in [0.2, 0.25) is 0 Å². The number of guanidine groups is 1. The Morgan fingerprint density at radius 1 is 1.20 bits per heavy atom. The number of aromatic nitrogens is 2. The van der Waals surface area contributed by atoms with Crippen LogP contribution >= 0.6 is 24.0 Å². The van der Waals surface area contributed by atoms with E-state index in [0.29, 0.717) is 13.1 Å². The van der Waals surface area contributed by atoms with Crippen LogP contribution in [0.25, 0.3) is 0 Å². The largest absolute Gasteiger partial charge is 0.353 e. The molecule has 1 aromatic heterocycles. The molecule has 1 aliphatic rings. The van der Waals surface area contributed by atoms with Crippen LogP contribution in [-0.4, -0.2) is 58.5 Å². The standard InChI is InChI=1S/C20H25N7O2.HI/c1-16(2)14-23-20(24-15-17-4-6-18(7-5-17)27(28)29)26-12-10-25(11-13-26)19-21-8-3-9-22-19;/h3-9H,1,10-15H2,2H3,(H,23,24);1H. The first-order chi connectivity index (χ1) is 14.0. The molecule has 0 saturated carbocycles. The maximum atomic E-state index is 10.8. The summed E-state index contributed by atoms with van der Waals surface area (Å²) in [5, 5.41) is 14.2. The fourth-order valence-electron chi connectivity index (χ4n) is 2.96. The number of benzene rings is 1. The van der Waals surface area contributed by atoms with Crippen LogP contribution in [0.15, 0.2) is 59.9 Å². The molecule has 1 aliphatic heterocycles. The van der Waals surface area contributed by atoms with Gasteiger partial charge in [-0.2, -0.15) is 0 Å². The molecule has 1 saturated heterocycles. The van der Waals surface area contributed by atoms with Crippen molar-refractivity contribution < 1.29 is 4.92 Å². The fraction of sp³-hybridized carbons (Fsp3) is 0.350. The number of anilines is 1. The summed E-state index contributed by atoms with van der Waals surface area (Å²) in [7, 11) is 0. The molecule has 2 heterocycles. The number of hydrogen-bond donors (Lipinski definition) is 1. The van der Waals surface area contributed by atoms with Crippen molar-refractivity contribution >= 4 is 41.6 Å². The molecule has 0 spiro atoms. The Bertz CT molecular complexity index is 866. The van der Waals surface area contributed by atoms with Crippen molar-refractivity contribution in [1.29, 1.82) is 0 Å². The van der Waals surface area contributed by atoms with Crippen LogP contribution in [-0.2, 0) is 6.54 Å². The molecule has 9 nitrogen and oxygen atoms in total. The number of nitro groups is 1. The Labute approximate surface area is 193 Å². The van der Waals surface area contributed by atoms with E-state index in [-0.39, 0.29) is 29.7 Å². The third-order valence-corrected chi connectivity index (χ3v) is 4.52. The number of hydrogen-bond acceptors (Lipinski definition) is 6. The third kappa shape index (κ3) is 6.65. The molecule has 10 heteroatoms. The lowest BCUT2D eigenvalue weighted by molar-refractivity contribution is -0.384. The van der Waals surface area contributed by atoms with E-state index in [2.05, 4.69) is 31.7 Å². The first-order valence-corrected chi connectivity index (χ1v) is 9.46. The van der Waals surface area contributed by atoms with Gasteiger partial charge in [-0.25, -0.2) is 15.0 Å². The highest BCUT2D eigenvalue weighted by molar-refractivity contribution is 14.0. The van der Waals surface area contributed by atoms with Crippen molar-refractivity contribution in [2.24, 2.45) is 4.99 Å². The lowest BCUT2D eigenvalue weighted by Crippen LogP contribution is -2.53. The summed E-state index contributed by atoms with van der Waals surface area (Å²) < 4.78 is 0. The second kappa shape index (κ2) is 11.4. The number of nitro benzene ring substituents is 1. The monoisotopic (exact) mass is 523 g/mol. The summed E-state index contributed by atoms with van der Waals surface area (Å²) in [6.07, 6.45) is 3.50. The van der Waals surface area contributed by atoms with E-state index < -0.39 is 4.92 Å². The molecule has 0 unspecified atom stereocenters. The van der Waals surface area contributed by atoms with Gasteiger partial charge in [-0.1, -0.05) is 24.3 Å². The third-order valence-electron chi connectivity index (χ3n) is 4.52. The smallest absolute Gasteiger partial charge is 0.269 e. The van der Waals surface area contributed by atoms with E-state index in [1.165, 1.54) is 12.1 Å². The molecule has 160 valence electrons. The van der Waals surface area contributed by atoms with E-state index in [9.17, 15) is 10.1 Å². The van der Waals surface area contributed by atoms with E-state index in [4.69, 9.17) is 4.99 Å². The zero-order valence-electron chi connectivity index (χ0n) is 16.9. The van der Waals surface area contributed by atoms with E-state index in [1.54, 1.807) is 24.5 Å². The molecule has 0 radical (unpaired) electrons. The quantitative estimate of drug-likeness (QED) is 0.155. The van der Waals surface area contributed by atoms with Gasteiger partial charge in [0, 0.05) is 57.3 Å². The average Bonchev–Trinajstić information content (AvgIpc) is 2.75. The van der Waals surface area contributed by atoms with Gasteiger partial charge in [0.15, 0.2) is 5.96 Å². The molecule has 1 aromatic carbocycles. The number of rotatable bonds is 6. The van der Waals surface area contributed by atoms with Crippen molar-refractivity contribution in [3.05, 3.63) is 70.6 Å². The lowest BCUT2D eigenvalue weighted by Gasteiger charge is -2.36. The van der Waals surface area contributed by atoms with Crippen molar-refractivity contribution in [3.8, 4) is 0 Å². The van der Waals surface area contributed by atoms with Gasteiger partial charge in [0.2, 0.25) is 5.95 Å². The molecule has 1 fully saturated rings. The van der Waals surface area contributed by atoms with Gasteiger partial charge < -0.3 is 15.1 Å². The average molecular weight is 523 g/mol. The highest BCUT2D eigenvalue weighted by Gasteiger charge is 2.21. The zero-order chi connectivity index (χ0) is 20.6. The molecule has 30 heavy (non-hydrogen) atoms. The number of piperazine rings is 1. The van der Waals surface area contributed by atoms with Crippen LogP contribution < -0.4 is 10.2 Å². The lowest BCUT2D eigenvalue weighted by atomic mass is 10.2. The van der Waals surface area contributed by atoms with Crippen LogP contribution in [0.3, 0.4) is 0 Å². The number of aliphatic imine (C=N–C) groups is 1. The van der Waals surface area contributed by atoms with Crippen molar-refractivity contribution in [3.63, 3.8) is 0 Å². The predicted molar refractivity (Wildman–Crippen MR) is 128 cm³/mol. The van der Waals surface area contributed by atoms with Gasteiger partial charge >= 0.3 is 0 Å². The van der Waals surface area contributed by atoms with Crippen LogP contribution in [0.1, 0.15) is 12.5 Å². The number of nitrogens with one attached hydrogen (secondary N) is 1. The number of non-ortho nitro benzene ring substituents is 1. The maximum absolute atomic E-state index is 10.8. The molecule has 0 atom stereocenters. The first-order valence-electron chi connectivity index (χ1n) is 9.46. The molecule has 2 aromatic rings. The van der Waals surface area contributed by atoms with E-state index in [1.807, 2.05) is 13.0 Å². The molecular formula is C20H26IN7O2. The number of halogens is 1. The highest BCUT2D eigenvalue weighted by Crippen LogP contribution is 2.13. The molecule has 0 bridgehead atoms. The minimum Gasteiger partial charge on any atom is -0.353 e. The van der Waals surface area contributed by atoms with Gasteiger partial charge in [0.05, 0.1) is 11.5 Å². The Morgan fingerprint density at radius 3 is 2.40 bits per heavy atom. The highest BCUT2D eigenvalue weighted by atomic mass is 127. The van der Waals surface area contributed by atoms with Gasteiger partial charge in [0.25, 0.3) is 5.69 Å². The van der Waals surface area contributed by atoms with Crippen molar-refractivity contribution in [1.82, 2.24) is 20.2 Å². The maximum Gasteiger partial charge on any atom is 0.269 e. The number of nitrogens with zero attached hydrogens (tertiary/aromatic N) is 6. The Morgan fingerprint density at radius 2 is 1.83 bits per heavy atom. The molecule has 1 N–H and O–H groups in total. The Balaban J connectivity index is 0.00000320. The summed E-state index contributed by atoms with van der Waals surface area (Å²) in [5.41, 5.74) is 2.02. The minimum atomic E-state index is -0.400. The predicted octanol–water partition coefficient (Wildman–Crippen LogP) is 2.85. The second-order valence-corrected chi connectivity index (χ2v) is 6.90. The second-order valence-electron chi connectivity index (χ2n) is 6.90.